The van der Waals surface area contributed by atoms with Gasteiger partial charge in [0.15, 0.2) is 0 Å². The zero-order valence-electron chi connectivity index (χ0n) is 18.0. The zero-order valence-corrected chi connectivity index (χ0v) is 18.0. The Morgan fingerprint density at radius 1 is 1.00 bits per heavy atom. The van der Waals surface area contributed by atoms with Gasteiger partial charge in [0.1, 0.15) is 11.9 Å². The van der Waals surface area contributed by atoms with Gasteiger partial charge in [0.25, 0.3) is 11.8 Å². The Morgan fingerprint density at radius 2 is 1.79 bits per heavy atom. The summed E-state index contributed by atoms with van der Waals surface area (Å²) in [5, 5.41) is 8.81. The molecule has 4 heterocycles. The number of anilines is 2. The minimum Gasteiger partial charge on any atom is -0.380 e. The Bertz CT molecular complexity index is 1130. The number of carbonyl (C=O) groups excluding carboxylic acids is 4. The maximum Gasteiger partial charge on any atom is 0.262 e. The third-order valence-electron chi connectivity index (χ3n) is 6.19. The average Bonchev–Trinajstić information content (AvgIpc) is 3.08. The lowest BCUT2D eigenvalue weighted by Gasteiger charge is -2.28. The summed E-state index contributed by atoms with van der Waals surface area (Å²) in [6.07, 6.45) is 2.02. The number of carbonyl (C=O) groups is 4. The minimum atomic E-state index is -0.961. The summed E-state index contributed by atoms with van der Waals surface area (Å²) in [5.41, 5.74) is 2.22. The molecular weight excluding hydrogens is 424 g/mol. The van der Waals surface area contributed by atoms with E-state index in [-0.39, 0.29) is 24.0 Å². The van der Waals surface area contributed by atoms with Crippen molar-refractivity contribution in [2.75, 3.05) is 36.4 Å². The van der Waals surface area contributed by atoms with E-state index in [1.807, 2.05) is 12.1 Å². The lowest BCUT2D eigenvalue weighted by atomic mass is 10.0. The molecular formula is C23H24N6O4. The number of piperazine rings is 1. The van der Waals surface area contributed by atoms with Gasteiger partial charge in [-0.25, -0.2) is 4.98 Å². The lowest BCUT2D eigenvalue weighted by molar-refractivity contribution is -0.136. The quantitative estimate of drug-likeness (QED) is 0.565. The fraction of sp³-hybridized carbons (Fsp3) is 0.348. The minimum absolute atomic E-state index is 0.0977. The Kier molecular flexibility index (Phi) is 5.51. The van der Waals surface area contributed by atoms with Crippen molar-refractivity contribution in [1.82, 2.24) is 20.5 Å². The number of imide groups is 2. The molecule has 2 fully saturated rings. The SMILES string of the molecule is O=C1CCC(N2C(=O)c3ccc(CNc4ccc(N5CCNCC5)nc4)cc3C2=O)C(=O)N1. The van der Waals surface area contributed by atoms with Crippen molar-refractivity contribution in [2.24, 2.45) is 0 Å². The Morgan fingerprint density at radius 3 is 2.52 bits per heavy atom. The number of hydrogen-bond donors (Lipinski definition) is 3. The van der Waals surface area contributed by atoms with Gasteiger partial charge in [-0.3, -0.25) is 29.4 Å². The number of fused-ring (bicyclic) bond motifs is 1. The van der Waals surface area contributed by atoms with Crippen LogP contribution in [-0.2, 0) is 16.1 Å². The standard InChI is InChI=1S/C23H24N6O4/c30-20-6-4-18(21(31)27-20)29-22(32)16-3-1-14(11-17(16)23(29)33)12-25-15-2-5-19(26-13-15)28-9-7-24-8-10-28/h1-3,5,11,13,18,24-25H,4,6-10,12H2,(H,27,30,31). The molecule has 2 aromatic rings. The number of hydrogen-bond acceptors (Lipinski definition) is 8. The van der Waals surface area contributed by atoms with Crippen LogP contribution in [-0.4, -0.2) is 65.7 Å². The van der Waals surface area contributed by atoms with Gasteiger partial charge in [0, 0.05) is 39.1 Å². The van der Waals surface area contributed by atoms with Gasteiger partial charge in [-0.15, -0.1) is 0 Å². The van der Waals surface area contributed by atoms with Crippen LogP contribution in [0.4, 0.5) is 11.5 Å². The largest absolute Gasteiger partial charge is 0.380 e. The van der Waals surface area contributed by atoms with Crippen LogP contribution in [0.3, 0.4) is 0 Å². The van der Waals surface area contributed by atoms with Crippen LogP contribution in [0.5, 0.6) is 0 Å². The molecule has 1 aromatic carbocycles. The second kappa shape index (κ2) is 8.62. The van der Waals surface area contributed by atoms with Gasteiger partial charge in [0.05, 0.1) is 23.0 Å². The number of amides is 4. The highest BCUT2D eigenvalue weighted by atomic mass is 16.2. The van der Waals surface area contributed by atoms with Gasteiger partial charge in [0.2, 0.25) is 11.8 Å². The van der Waals surface area contributed by atoms with Crippen molar-refractivity contribution < 1.29 is 19.2 Å². The van der Waals surface area contributed by atoms with Gasteiger partial charge in [-0.05, 0) is 36.2 Å². The molecule has 10 heteroatoms. The molecule has 3 N–H and O–H groups in total. The van der Waals surface area contributed by atoms with Crippen molar-refractivity contribution in [3.05, 3.63) is 53.2 Å². The summed E-state index contributed by atoms with van der Waals surface area (Å²) in [7, 11) is 0. The van der Waals surface area contributed by atoms with Crippen LogP contribution in [0.2, 0.25) is 0 Å². The number of aromatic nitrogens is 1. The molecule has 10 nitrogen and oxygen atoms in total. The van der Waals surface area contributed by atoms with Crippen LogP contribution in [0.15, 0.2) is 36.5 Å². The van der Waals surface area contributed by atoms with E-state index in [0.29, 0.717) is 6.54 Å². The molecule has 1 aromatic heterocycles. The number of pyridine rings is 1. The molecule has 0 spiro atoms. The summed E-state index contributed by atoms with van der Waals surface area (Å²) in [4.78, 5) is 57.1. The molecule has 0 saturated carbocycles. The third-order valence-corrected chi connectivity index (χ3v) is 6.19. The van der Waals surface area contributed by atoms with Crippen molar-refractivity contribution in [3.63, 3.8) is 0 Å². The molecule has 3 aliphatic rings. The van der Waals surface area contributed by atoms with E-state index >= 15 is 0 Å². The third kappa shape index (κ3) is 4.05. The second-order valence-corrected chi connectivity index (χ2v) is 8.32. The summed E-state index contributed by atoms with van der Waals surface area (Å²) in [6, 6.07) is 8.07. The summed E-state index contributed by atoms with van der Waals surface area (Å²) in [6.45, 7) is 4.20. The molecule has 1 atom stereocenters. The lowest BCUT2D eigenvalue weighted by Crippen LogP contribution is -2.54. The van der Waals surface area contributed by atoms with Crippen molar-refractivity contribution >= 4 is 35.1 Å². The molecule has 3 aliphatic heterocycles. The van der Waals surface area contributed by atoms with Crippen molar-refractivity contribution in [3.8, 4) is 0 Å². The first-order valence-corrected chi connectivity index (χ1v) is 11.0. The average molecular weight is 448 g/mol. The fourth-order valence-electron chi connectivity index (χ4n) is 4.40. The Hall–Kier alpha value is -3.79. The first-order chi connectivity index (χ1) is 16.0. The summed E-state index contributed by atoms with van der Waals surface area (Å²) >= 11 is 0. The summed E-state index contributed by atoms with van der Waals surface area (Å²) in [5.74, 6) is -1.07. The molecule has 0 radical (unpaired) electrons. The van der Waals surface area contributed by atoms with Gasteiger partial charge >= 0.3 is 0 Å². The van der Waals surface area contributed by atoms with Crippen LogP contribution in [0, 0.1) is 0 Å². The van der Waals surface area contributed by atoms with Gasteiger partial charge in [-0.2, -0.15) is 0 Å². The van der Waals surface area contributed by atoms with Crippen LogP contribution >= 0.6 is 0 Å². The molecule has 4 amide bonds. The van der Waals surface area contributed by atoms with E-state index in [1.54, 1.807) is 24.4 Å². The number of nitrogens with zero attached hydrogens (tertiary/aromatic N) is 3. The smallest absolute Gasteiger partial charge is 0.262 e. The highest BCUT2D eigenvalue weighted by Gasteiger charge is 2.44. The molecule has 170 valence electrons. The normalized spacial score (nSPS) is 20.7. The fourth-order valence-corrected chi connectivity index (χ4v) is 4.40. The van der Waals surface area contributed by atoms with Gasteiger partial charge in [-0.1, -0.05) is 6.07 Å². The Balaban J connectivity index is 1.26. The maximum absolute atomic E-state index is 12.9. The molecule has 5 rings (SSSR count). The van der Waals surface area contributed by atoms with E-state index in [4.69, 9.17) is 0 Å². The molecule has 2 saturated heterocycles. The number of piperidine rings is 1. The van der Waals surface area contributed by atoms with Gasteiger partial charge < -0.3 is 15.5 Å². The van der Waals surface area contributed by atoms with Crippen LogP contribution < -0.4 is 20.9 Å². The first kappa shape index (κ1) is 21.1. The number of nitrogens with one attached hydrogen (secondary N) is 3. The topological polar surface area (TPSA) is 124 Å². The first-order valence-electron chi connectivity index (χ1n) is 11.0. The molecule has 33 heavy (non-hydrogen) atoms. The van der Waals surface area contributed by atoms with Crippen LogP contribution in [0.25, 0.3) is 0 Å². The van der Waals surface area contributed by atoms with Crippen LogP contribution in [0.1, 0.15) is 39.1 Å². The van der Waals surface area contributed by atoms with E-state index < -0.39 is 29.7 Å². The monoisotopic (exact) mass is 448 g/mol. The van der Waals surface area contributed by atoms with Crippen molar-refractivity contribution in [2.45, 2.75) is 25.4 Å². The second-order valence-electron chi connectivity index (χ2n) is 8.32. The summed E-state index contributed by atoms with van der Waals surface area (Å²) < 4.78 is 0. The number of benzene rings is 1. The van der Waals surface area contributed by atoms with E-state index in [2.05, 4.69) is 25.8 Å². The van der Waals surface area contributed by atoms with Crippen molar-refractivity contribution in [1.29, 1.82) is 0 Å². The number of rotatable bonds is 5. The Labute approximate surface area is 190 Å². The highest BCUT2D eigenvalue weighted by Crippen LogP contribution is 2.28. The highest BCUT2D eigenvalue weighted by molar-refractivity contribution is 6.23. The molecule has 0 bridgehead atoms. The van der Waals surface area contributed by atoms with E-state index in [0.717, 1.165) is 48.1 Å². The maximum atomic E-state index is 12.9. The van der Waals surface area contributed by atoms with E-state index in [1.165, 1.54) is 0 Å². The predicted molar refractivity (Wildman–Crippen MR) is 120 cm³/mol. The zero-order chi connectivity index (χ0) is 22.9. The molecule has 1 unspecified atom stereocenters. The van der Waals surface area contributed by atoms with E-state index in [9.17, 15) is 19.2 Å². The molecule has 0 aliphatic carbocycles. The predicted octanol–water partition coefficient (Wildman–Crippen LogP) is 0.505.